The Morgan fingerprint density at radius 1 is 1.12 bits per heavy atom. The molecule has 0 amide bonds. The minimum Gasteiger partial charge on any atom is -0.362 e. The van der Waals surface area contributed by atoms with Gasteiger partial charge in [0.05, 0.1) is 0 Å². The topological polar surface area (TPSA) is 19.0 Å². The molecular weight excluding hydrogens is 228 g/mol. The summed E-state index contributed by atoms with van der Waals surface area (Å²) in [5, 5.41) is 1.24. The smallest absolute Gasteiger partial charge is 0.111 e. The molecule has 0 unspecified atom stereocenters. The normalized spacial score (nSPS) is 16.4. The Kier molecular flexibility index (Phi) is 2.85. The van der Waals surface area contributed by atoms with Gasteiger partial charge >= 0.3 is 0 Å². The van der Waals surface area contributed by atoms with Gasteiger partial charge in [-0.15, -0.1) is 0 Å². The number of nitrogens with zero attached hydrogens (tertiary/aromatic N) is 1. The molecular formula is C14H16N2S. The number of rotatable bonds is 1. The van der Waals surface area contributed by atoms with Gasteiger partial charge in [-0.2, -0.15) is 0 Å². The van der Waals surface area contributed by atoms with E-state index in [9.17, 15) is 0 Å². The number of para-hydroxylation sites is 1. The molecule has 0 bridgehead atoms. The van der Waals surface area contributed by atoms with Gasteiger partial charge in [0.25, 0.3) is 0 Å². The fourth-order valence-corrected chi connectivity index (χ4v) is 2.87. The Morgan fingerprint density at radius 3 is 2.71 bits per heavy atom. The van der Waals surface area contributed by atoms with Crippen LogP contribution in [0.4, 0.5) is 0 Å². The first kappa shape index (κ1) is 10.8. The van der Waals surface area contributed by atoms with Crippen molar-refractivity contribution in [3.63, 3.8) is 0 Å². The summed E-state index contributed by atoms with van der Waals surface area (Å²) in [5.41, 5.74) is 2.35. The van der Waals surface area contributed by atoms with Gasteiger partial charge < -0.3 is 9.88 Å². The van der Waals surface area contributed by atoms with Crippen molar-refractivity contribution in [3.05, 3.63) is 36.0 Å². The van der Waals surface area contributed by atoms with Crippen LogP contribution in [0.15, 0.2) is 30.5 Å². The lowest BCUT2D eigenvalue weighted by Crippen LogP contribution is -2.34. The fraction of sp³-hybridized carbons (Fsp3) is 0.357. The molecule has 3 heteroatoms. The highest BCUT2D eigenvalue weighted by molar-refractivity contribution is 7.80. The third-order valence-corrected chi connectivity index (χ3v) is 3.94. The van der Waals surface area contributed by atoms with Crippen LogP contribution in [0.2, 0.25) is 0 Å². The number of hydrogen-bond donors (Lipinski definition) is 1. The van der Waals surface area contributed by atoms with Gasteiger partial charge in [0, 0.05) is 35.8 Å². The largest absolute Gasteiger partial charge is 0.362 e. The molecule has 0 aliphatic carbocycles. The number of benzene rings is 1. The van der Waals surface area contributed by atoms with Crippen LogP contribution in [0, 0.1) is 0 Å². The summed E-state index contributed by atoms with van der Waals surface area (Å²) in [7, 11) is 0. The van der Waals surface area contributed by atoms with Gasteiger partial charge in [-0.3, -0.25) is 0 Å². The van der Waals surface area contributed by atoms with E-state index in [1.165, 1.54) is 35.7 Å². The van der Waals surface area contributed by atoms with Crippen LogP contribution in [0.1, 0.15) is 24.8 Å². The molecule has 1 aromatic heterocycles. The van der Waals surface area contributed by atoms with Crippen molar-refractivity contribution in [1.82, 2.24) is 9.88 Å². The number of aromatic nitrogens is 1. The SMILES string of the molecule is S=C(c1c[nH]c2ccccc12)N1CCCCC1. The summed E-state index contributed by atoms with van der Waals surface area (Å²) in [4.78, 5) is 6.64. The van der Waals surface area contributed by atoms with Crippen molar-refractivity contribution in [2.24, 2.45) is 0 Å². The average molecular weight is 244 g/mol. The number of likely N-dealkylation sites (tertiary alicyclic amines) is 1. The molecule has 3 rings (SSSR count). The summed E-state index contributed by atoms with van der Waals surface area (Å²) in [6, 6.07) is 8.35. The number of fused-ring (bicyclic) bond motifs is 1. The maximum atomic E-state index is 5.63. The van der Waals surface area contributed by atoms with Crippen LogP contribution >= 0.6 is 12.2 Å². The highest BCUT2D eigenvalue weighted by atomic mass is 32.1. The molecule has 1 aromatic carbocycles. The number of piperidine rings is 1. The molecule has 0 radical (unpaired) electrons. The fourth-order valence-electron chi connectivity index (χ4n) is 2.52. The van der Waals surface area contributed by atoms with Gasteiger partial charge in [-0.05, 0) is 25.3 Å². The molecule has 2 nitrogen and oxygen atoms in total. The van der Waals surface area contributed by atoms with Crippen molar-refractivity contribution >= 4 is 28.1 Å². The molecule has 1 N–H and O–H groups in total. The van der Waals surface area contributed by atoms with E-state index in [4.69, 9.17) is 12.2 Å². The number of H-pyrrole nitrogens is 1. The van der Waals surface area contributed by atoms with Gasteiger partial charge in [-0.25, -0.2) is 0 Å². The van der Waals surface area contributed by atoms with Crippen molar-refractivity contribution in [2.45, 2.75) is 19.3 Å². The summed E-state index contributed by atoms with van der Waals surface area (Å²) in [6.07, 6.45) is 5.92. The van der Waals surface area contributed by atoms with Crippen molar-refractivity contribution in [1.29, 1.82) is 0 Å². The molecule has 2 aromatic rings. The first-order valence-electron chi connectivity index (χ1n) is 6.21. The number of thiocarbonyl (C=S) groups is 1. The van der Waals surface area contributed by atoms with E-state index in [-0.39, 0.29) is 0 Å². The number of aromatic amines is 1. The molecule has 1 saturated heterocycles. The van der Waals surface area contributed by atoms with Gasteiger partial charge in [0.2, 0.25) is 0 Å². The zero-order chi connectivity index (χ0) is 11.7. The molecule has 88 valence electrons. The van der Waals surface area contributed by atoms with E-state index in [1.54, 1.807) is 0 Å². The molecule has 1 aliphatic rings. The Hall–Kier alpha value is -1.35. The first-order chi connectivity index (χ1) is 8.36. The van der Waals surface area contributed by atoms with E-state index < -0.39 is 0 Å². The van der Waals surface area contributed by atoms with E-state index >= 15 is 0 Å². The zero-order valence-corrected chi connectivity index (χ0v) is 10.6. The van der Waals surface area contributed by atoms with E-state index in [2.05, 4.69) is 28.1 Å². The van der Waals surface area contributed by atoms with Crippen molar-refractivity contribution in [3.8, 4) is 0 Å². The third-order valence-electron chi connectivity index (χ3n) is 3.46. The van der Waals surface area contributed by atoms with Gasteiger partial charge in [0.1, 0.15) is 4.99 Å². The zero-order valence-electron chi connectivity index (χ0n) is 9.78. The molecule has 0 spiro atoms. The van der Waals surface area contributed by atoms with Gasteiger partial charge in [-0.1, -0.05) is 30.4 Å². The van der Waals surface area contributed by atoms with Crippen LogP contribution in [-0.4, -0.2) is 28.0 Å². The molecule has 2 heterocycles. The lowest BCUT2D eigenvalue weighted by molar-refractivity contribution is 0.348. The molecule has 17 heavy (non-hydrogen) atoms. The monoisotopic (exact) mass is 244 g/mol. The van der Waals surface area contributed by atoms with E-state index in [0.29, 0.717) is 0 Å². The maximum absolute atomic E-state index is 5.63. The quantitative estimate of drug-likeness (QED) is 0.776. The minimum absolute atomic E-state index is 1.00. The number of hydrogen-bond acceptors (Lipinski definition) is 1. The summed E-state index contributed by atoms with van der Waals surface area (Å²) in [6.45, 7) is 2.22. The van der Waals surface area contributed by atoms with Crippen molar-refractivity contribution in [2.75, 3.05) is 13.1 Å². The summed E-state index contributed by atoms with van der Waals surface area (Å²) >= 11 is 5.63. The summed E-state index contributed by atoms with van der Waals surface area (Å²) < 4.78 is 0. The summed E-state index contributed by atoms with van der Waals surface area (Å²) in [5.74, 6) is 0. The highest BCUT2D eigenvalue weighted by Crippen LogP contribution is 2.21. The Bertz CT molecular complexity index is 538. The van der Waals surface area contributed by atoms with Crippen LogP contribution < -0.4 is 0 Å². The minimum atomic E-state index is 1.00. The molecule has 0 atom stereocenters. The average Bonchev–Trinajstić information content (AvgIpc) is 2.83. The lowest BCUT2D eigenvalue weighted by Gasteiger charge is -2.28. The van der Waals surface area contributed by atoms with Crippen molar-refractivity contribution < 1.29 is 0 Å². The molecule has 1 fully saturated rings. The second-order valence-electron chi connectivity index (χ2n) is 4.60. The third kappa shape index (κ3) is 1.95. The lowest BCUT2D eigenvalue weighted by atomic mass is 10.1. The van der Waals surface area contributed by atoms with Crippen LogP contribution in [0.5, 0.6) is 0 Å². The van der Waals surface area contributed by atoms with Crippen LogP contribution in [0.25, 0.3) is 10.9 Å². The van der Waals surface area contributed by atoms with E-state index in [1.807, 2.05) is 12.3 Å². The standard InChI is InChI=1S/C14H16N2S/c17-14(16-8-4-1-5-9-16)12-10-15-13-7-3-2-6-11(12)13/h2-3,6-7,10,15H,1,4-5,8-9H2. The predicted octanol–water partition coefficient (Wildman–Crippen LogP) is 3.33. The Morgan fingerprint density at radius 2 is 1.88 bits per heavy atom. The number of nitrogens with one attached hydrogen (secondary N) is 1. The van der Waals surface area contributed by atoms with E-state index in [0.717, 1.165) is 18.1 Å². The molecule has 0 saturated carbocycles. The molecule has 1 aliphatic heterocycles. The van der Waals surface area contributed by atoms with Gasteiger partial charge in [0.15, 0.2) is 0 Å². The second-order valence-corrected chi connectivity index (χ2v) is 4.99. The maximum Gasteiger partial charge on any atom is 0.111 e. The second kappa shape index (κ2) is 4.49. The Balaban J connectivity index is 1.95. The van der Waals surface area contributed by atoms with Crippen LogP contribution in [-0.2, 0) is 0 Å². The highest BCUT2D eigenvalue weighted by Gasteiger charge is 2.17. The Labute approximate surface area is 107 Å². The van der Waals surface area contributed by atoms with Crippen LogP contribution in [0.3, 0.4) is 0 Å². The first-order valence-corrected chi connectivity index (χ1v) is 6.62. The predicted molar refractivity (Wildman–Crippen MR) is 75.4 cm³/mol.